The fraction of sp³-hybridized carbons (Fsp3) is 0.400. The van der Waals surface area contributed by atoms with Gasteiger partial charge in [0.25, 0.3) is 0 Å². The maximum Gasteiger partial charge on any atom is 0.348 e. The number of esters is 3. The lowest BCUT2D eigenvalue weighted by Gasteiger charge is -2.25. The summed E-state index contributed by atoms with van der Waals surface area (Å²) < 4.78 is 14.8. The zero-order valence-electron chi connectivity index (χ0n) is 11.6. The molecule has 0 radical (unpaired) electrons. The fourth-order valence-electron chi connectivity index (χ4n) is 1.82. The van der Waals surface area contributed by atoms with Gasteiger partial charge >= 0.3 is 17.9 Å². The number of ether oxygens (including phenoxy) is 3. The first kappa shape index (κ1) is 15.0. The highest BCUT2D eigenvalue weighted by atomic mass is 16.6. The minimum atomic E-state index is -1.03. The second-order valence-corrected chi connectivity index (χ2v) is 4.69. The van der Waals surface area contributed by atoms with Gasteiger partial charge in [0.2, 0.25) is 0 Å². The van der Waals surface area contributed by atoms with Crippen molar-refractivity contribution in [1.29, 1.82) is 0 Å². The highest BCUT2D eigenvalue weighted by Gasteiger charge is 2.35. The molecule has 112 valence electrons. The quantitative estimate of drug-likeness (QED) is 0.602. The summed E-state index contributed by atoms with van der Waals surface area (Å²) in [7, 11) is 0. The molecule has 6 heteroatoms. The van der Waals surface area contributed by atoms with Gasteiger partial charge in [-0.05, 0) is 12.5 Å². The average molecular weight is 292 g/mol. The van der Waals surface area contributed by atoms with Crippen molar-refractivity contribution in [3.8, 4) is 0 Å². The summed E-state index contributed by atoms with van der Waals surface area (Å²) >= 11 is 0. The Labute approximate surface area is 122 Å². The molecule has 1 aliphatic rings. The van der Waals surface area contributed by atoms with Gasteiger partial charge in [0.05, 0.1) is 0 Å². The summed E-state index contributed by atoms with van der Waals surface area (Å²) in [6.45, 7) is 1.61. The molecule has 2 rings (SSSR count). The molecule has 0 spiro atoms. The van der Waals surface area contributed by atoms with Crippen LogP contribution in [-0.2, 0) is 35.2 Å². The van der Waals surface area contributed by atoms with Crippen LogP contribution in [0.3, 0.4) is 0 Å². The molecule has 2 unspecified atom stereocenters. The normalized spacial score (nSPS) is 21.4. The van der Waals surface area contributed by atoms with Gasteiger partial charge in [-0.25, -0.2) is 9.59 Å². The van der Waals surface area contributed by atoms with Crippen LogP contribution in [0.4, 0.5) is 0 Å². The topological polar surface area (TPSA) is 78.9 Å². The van der Waals surface area contributed by atoms with Crippen molar-refractivity contribution in [2.75, 3.05) is 0 Å². The number of hydrogen-bond acceptors (Lipinski definition) is 6. The summed E-state index contributed by atoms with van der Waals surface area (Å²) in [5, 5.41) is 0. The van der Waals surface area contributed by atoms with Crippen molar-refractivity contribution in [3.63, 3.8) is 0 Å². The second kappa shape index (κ2) is 6.88. The first-order chi connectivity index (χ1) is 10.1. The second-order valence-electron chi connectivity index (χ2n) is 4.69. The van der Waals surface area contributed by atoms with Crippen LogP contribution in [0.2, 0.25) is 0 Å². The van der Waals surface area contributed by atoms with Crippen LogP contribution in [0.1, 0.15) is 25.3 Å². The van der Waals surface area contributed by atoms with E-state index < -0.39 is 30.1 Å². The molecule has 1 fully saturated rings. The zero-order chi connectivity index (χ0) is 15.2. The van der Waals surface area contributed by atoms with Crippen molar-refractivity contribution < 1.29 is 28.6 Å². The standard InChI is InChI=1S/C15H16O6/c1-10-14(17)21-12(15(18)20-10)7-8-13(16)19-9-11-5-3-2-4-6-11/h2-6,10,12H,7-9H2,1H3. The number of carbonyl (C=O) groups is 3. The molecule has 0 bridgehead atoms. The van der Waals surface area contributed by atoms with Crippen molar-refractivity contribution in [2.24, 2.45) is 0 Å². The number of hydrogen-bond donors (Lipinski definition) is 0. The van der Waals surface area contributed by atoms with Crippen LogP contribution >= 0.6 is 0 Å². The Morgan fingerprint density at radius 1 is 1.14 bits per heavy atom. The minimum absolute atomic E-state index is 0.0196. The number of rotatable bonds is 5. The van der Waals surface area contributed by atoms with Crippen molar-refractivity contribution in [1.82, 2.24) is 0 Å². The molecule has 0 amide bonds. The minimum Gasteiger partial charge on any atom is -0.461 e. The summed E-state index contributed by atoms with van der Waals surface area (Å²) in [6.07, 6.45) is -1.88. The third-order valence-electron chi connectivity index (χ3n) is 3.00. The Kier molecular flexibility index (Phi) is 4.92. The van der Waals surface area contributed by atoms with E-state index in [1.807, 2.05) is 30.3 Å². The van der Waals surface area contributed by atoms with E-state index in [2.05, 4.69) is 0 Å². The van der Waals surface area contributed by atoms with Crippen molar-refractivity contribution in [3.05, 3.63) is 35.9 Å². The molecule has 2 atom stereocenters. The van der Waals surface area contributed by atoms with E-state index in [0.29, 0.717) is 0 Å². The van der Waals surface area contributed by atoms with Gasteiger partial charge in [0.1, 0.15) is 6.61 Å². The molecule has 1 aromatic carbocycles. The largest absolute Gasteiger partial charge is 0.461 e. The predicted octanol–water partition coefficient (Wildman–Crippen LogP) is 1.37. The Hall–Kier alpha value is -2.37. The number of benzene rings is 1. The van der Waals surface area contributed by atoms with Gasteiger partial charge in [-0.2, -0.15) is 0 Å². The van der Waals surface area contributed by atoms with Crippen LogP contribution in [0, 0.1) is 0 Å². The average Bonchev–Trinajstić information content (AvgIpc) is 2.48. The summed E-state index contributed by atoms with van der Waals surface area (Å²) in [6, 6.07) is 9.25. The number of carbonyl (C=O) groups excluding carboxylic acids is 3. The molecule has 1 aliphatic heterocycles. The molecule has 0 aliphatic carbocycles. The van der Waals surface area contributed by atoms with Gasteiger partial charge in [-0.1, -0.05) is 30.3 Å². The molecule has 1 saturated heterocycles. The zero-order valence-corrected chi connectivity index (χ0v) is 11.6. The number of cyclic esters (lactones) is 2. The van der Waals surface area contributed by atoms with E-state index in [0.717, 1.165) is 5.56 Å². The molecule has 1 aromatic rings. The lowest BCUT2D eigenvalue weighted by molar-refractivity contribution is -0.194. The molecular formula is C15H16O6. The Morgan fingerprint density at radius 3 is 2.57 bits per heavy atom. The van der Waals surface area contributed by atoms with E-state index in [1.54, 1.807) is 0 Å². The third kappa shape index (κ3) is 4.30. The van der Waals surface area contributed by atoms with E-state index in [9.17, 15) is 14.4 Å². The van der Waals surface area contributed by atoms with Crippen LogP contribution in [0.15, 0.2) is 30.3 Å². The highest BCUT2D eigenvalue weighted by molar-refractivity contribution is 5.87. The fourth-order valence-corrected chi connectivity index (χ4v) is 1.82. The first-order valence-corrected chi connectivity index (χ1v) is 6.67. The van der Waals surface area contributed by atoms with E-state index >= 15 is 0 Å². The molecule has 0 aromatic heterocycles. The highest BCUT2D eigenvalue weighted by Crippen LogP contribution is 2.15. The van der Waals surface area contributed by atoms with Crippen molar-refractivity contribution in [2.45, 2.75) is 38.6 Å². The lowest BCUT2D eigenvalue weighted by atomic mass is 10.1. The van der Waals surface area contributed by atoms with Gasteiger partial charge in [0, 0.05) is 12.8 Å². The summed E-state index contributed by atoms with van der Waals surface area (Å²) in [4.78, 5) is 34.4. The van der Waals surface area contributed by atoms with Crippen molar-refractivity contribution >= 4 is 17.9 Å². The molecule has 6 nitrogen and oxygen atoms in total. The SMILES string of the molecule is CC1OC(=O)C(CCC(=O)OCc2ccccc2)OC1=O. The van der Waals surface area contributed by atoms with E-state index in [4.69, 9.17) is 14.2 Å². The third-order valence-corrected chi connectivity index (χ3v) is 3.00. The van der Waals surface area contributed by atoms with Gasteiger partial charge in [-0.15, -0.1) is 0 Å². The summed E-state index contributed by atoms with van der Waals surface area (Å²) in [5.41, 5.74) is 0.878. The summed E-state index contributed by atoms with van der Waals surface area (Å²) in [5.74, 6) is -1.68. The van der Waals surface area contributed by atoms with Crippen LogP contribution in [-0.4, -0.2) is 30.1 Å². The van der Waals surface area contributed by atoms with Gasteiger partial charge in [0.15, 0.2) is 12.2 Å². The smallest absolute Gasteiger partial charge is 0.348 e. The first-order valence-electron chi connectivity index (χ1n) is 6.67. The predicted molar refractivity (Wildman–Crippen MR) is 70.9 cm³/mol. The molecule has 1 heterocycles. The molecule has 0 N–H and O–H groups in total. The Bertz CT molecular complexity index is 524. The van der Waals surface area contributed by atoms with E-state index in [1.165, 1.54) is 6.92 Å². The maximum atomic E-state index is 11.6. The van der Waals surface area contributed by atoms with Gasteiger partial charge < -0.3 is 14.2 Å². The van der Waals surface area contributed by atoms with E-state index in [-0.39, 0.29) is 19.4 Å². The van der Waals surface area contributed by atoms with Crippen LogP contribution in [0.5, 0.6) is 0 Å². The molecular weight excluding hydrogens is 276 g/mol. The lowest BCUT2D eigenvalue weighted by Crippen LogP contribution is -2.42. The Morgan fingerprint density at radius 2 is 1.86 bits per heavy atom. The van der Waals surface area contributed by atoms with Crippen LogP contribution in [0.25, 0.3) is 0 Å². The molecule has 21 heavy (non-hydrogen) atoms. The monoisotopic (exact) mass is 292 g/mol. The Balaban J connectivity index is 1.74. The molecule has 0 saturated carbocycles. The van der Waals surface area contributed by atoms with Crippen LogP contribution < -0.4 is 0 Å². The van der Waals surface area contributed by atoms with Gasteiger partial charge in [-0.3, -0.25) is 4.79 Å². The maximum absolute atomic E-state index is 11.6.